The number of sulfonamides is 1. The number of primary sulfonamides is 1. The molecule has 0 spiro atoms. The summed E-state index contributed by atoms with van der Waals surface area (Å²) < 4.78 is 27.3. The zero-order valence-electron chi connectivity index (χ0n) is 10.7. The lowest BCUT2D eigenvalue weighted by molar-refractivity contribution is 0.118. The molecule has 0 radical (unpaired) electrons. The van der Waals surface area contributed by atoms with Crippen molar-refractivity contribution in [2.24, 2.45) is 5.14 Å². The van der Waals surface area contributed by atoms with E-state index in [2.05, 4.69) is 5.32 Å². The number of aliphatic hydroxyl groups excluding tert-OH is 1. The molecule has 1 aliphatic rings. The summed E-state index contributed by atoms with van der Waals surface area (Å²) in [5.41, 5.74) is 0. The van der Waals surface area contributed by atoms with Crippen LogP contribution in [-0.4, -0.2) is 25.7 Å². The molecule has 1 heterocycles. The minimum Gasteiger partial charge on any atom is -0.447 e. The molecule has 108 valence electrons. The highest BCUT2D eigenvalue weighted by molar-refractivity contribution is 7.89. The van der Waals surface area contributed by atoms with Crippen molar-refractivity contribution in [3.63, 3.8) is 0 Å². The number of nitrogens with two attached hydrogens (primary N) is 1. The topological polar surface area (TPSA) is 106 Å². The first-order valence-electron chi connectivity index (χ1n) is 6.50. The second kappa shape index (κ2) is 6.04. The van der Waals surface area contributed by atoms with E-state index in [9.17, 15) is 13.5 Å². The van der Waals surface area contributed by atoms with E-state index in [0.717, 1.165) is 32.1 Å². The standard InChI is InChI=1S/C12H20N2O4S/c13-19(16,17)12-7-6-9(18-12)8-14-10-4-2-1-3-5-11(10)15/h6-7,10-11,14-15H,1-5,8H2,(H2,13,16,17). The predicted octanol–water partition coefficient (Wildman–Crippen LogP) is 0.710. The maximum absolute atomic E-state index is 11.1. The van der Waals surface area contributed by atoms with Gasteiger partial charge in [-0.15, -0.1) is 0 Å². The zero-order chi connectivity index (χ0) is 13.9. The highest BCUT2D eigenvalue weighted by Crippen LogP contribution is 2.19. The Balaban J connectivity index is 1.93. The normalized spacial score (nSPS) is 25.2. The van der Waals surface area contributed by atoms with Crippen molar-refractivity contribution in [2.75, 3.05) is 0 Å². The minimum absolute atomic E-state index is 0.0329. The Labute approximate surface area is 113 Å². The van der Waals surface area contributed by atoms with Crippen LogP contribution in [0.25, 0.3) is 0 Å². The maximum atomic E-state index is 11.1. The summed E-state index contributed by atoms with van der Waals surface area (Å²) >= 11 is 0. The Kier molecular flexibility index (Phi) is 4.62. The monoisotopic (exact) mass is 288 g/mol. The summed E-state index contributed by atoms with van der Waals surface area (Å²) in [6, 6.07) is 2.96. The molecule has 0 aromatic carbocycles. The lowest BCUT2D eigenvalue weighted by atomic mass is 10.1. The lowest BCUT2D eigenvalue weighted by Gasteiger charge is -2.21. The van der Waals surface area contributed by atoms with Crippen LogP contribution in [0.2, 0.25) is 0 Å². The van der Waals surface area contributed by atoms with Crippen LogP contribution in [0.5, 0.6) is 0 Å². The third-order valence-corrected chi connectivity index (χ3v) is 4.22. The van der Waals surface area contributed by atoms with Gasteiger partial charge in [0.15, 0.2) is 0 Å². The second-order valence-corrected chi connectivity index (χ2v) is 6.45. The van der Waals surface area contributed by atoms with Gasteiger partial charge in [-0.05, 0) is 25.0 Å². The van der Waals surface area contributed by atoms with Gasteiger partial charge in [0.25, 0.3) is 10.0 Å². The van der Waals surface area contributed by atoms with E-state index in [-0.39, 0.29) is 17.2 Å². The van der Waals surface area contributed by atoms with Crippen LogP contribution < -0.4 is 10.5 Å². The summed E-state index contributed by atoms with van der Waals surface area (Å²) in [4.78, 5) is 0. The Morgan fingerprint density at radius 2 is 2.05 bits per heavy atom. The van der Waals surface area contributed by atoms with Gasteiger partial charge in [-0.25, -0.2) is 13.6 Å². The highest BCUT2D eigenvalue weighted by atomic mass is 32.2. The van der Waals surface area contributed by atoms with Gasteiger partial charge < -0.3 is 14.8 Å². The largest absolute Gasteiger partial charge is 0.447 e. The van der Waals surface area contributed by atoms with Crippen LogP contribution in [0.4, 0.5) is 0 Å². The van der Waals surface area contributed by atoms with E-state index in [1.54, 1.807) is 6.07 Å². The van der Waals surface area contributed by atoms with Crippen LogP contribution in [0.15, 0.2) is 21.6 Å². The first-order chi connectivity index (χ1) is 8.97. The van der Waals surface area contributed by atoms with Crippen molar-refractivity contribution in [3.05, 3.63) is 17.9 Å². The fraction of sp³-hybridized carbons (Fsp3) is 0.667. The molecule has 6 nitrogen and oxygen atoms in total. The number of aliphatic hydroxyl groups is 1. The number of rotatable bonds is 4. The molecular formula is C12H20N2O4S. The van der Waals surface area contributed by atoms with Gasteiger partial charge in [-0.1, -0.05) is 19.3 Å². The second-order valence-electron chi connectivity index (χ2n) is 4.96. The van der Waals surface area contributed by atoms with E-state index in [1.807, 2.05) is 0 Å². The molecule has 2 atom stereocenters. The van der Waals surface area contributed by atoms with Gasteiger partial charge in [0.05, 0.1) is 12.6 Å². The average molecular weight is 288 g/mol. The Morgan fingerprint density at radius 1 is 1.32 bits per heavy atom. The summed E-state index contributed by atoms with van der Waals surface area (Å²) in [7, 11) is -3.79. The molecule has 0 bridgehead atoms. The molecule has 2 unspecified atom stereocenters. The van der Waals surface area contributed by atoms with E-state index >= 15 is 0 Å². The molecule has 0 aliphatic heterocycles. The number of nitrogens with one attached hydrogen (secondary N) is 1. The Bertz CT molecular complexity index is 512. The van der Waals surface area contributed by atoms with Gasteiger partial charge >= 0.3 is 0 Å². The molecule has 0 saturated heterocycles. The quantitative estimate of drug-likeness (QED) is 0.708. The van der Waals surface area contributed by atoms with Crippen molar-refractivity contribution >= 4 is 10.0 Å². The maximum Gasteiger partial charge on any atom is 0.271 e. The molecule has 7 heteroatoms. The van der Waals surface area contributed by atoms with Gasteiger partial charge in [0.2, 0.25) is 5.09 Å². The first kappa shape index (κ1) is 14.5. The SMILES string of the molecule is NS(=O)(=O)c1ccc(CNC2CCCCCC2O)o1. The average Bonchev–Trinajstić information content (AvgIpc) is 2.72. The molecule has 2 rings (SSSR count). The predicted molar refractivity (Wildman–Crippen MR) is 69.8 cm³/mol. The third-order valence-electron chi connectivity index (χ3n) is 3.44. The Hall–Kier alpha value is -0.890. The number of hydrogen-bond donors (Lipinski definition) is 3. The van der Waals surface area contributed by atoms with Crippen molar-refractivity contribution < 1.29 is 17.9 Å². The minimum atomic E-state index is -3.79. The van der Waals surface area contributed by atoms with Gasteiger partial charge in [-0.3, -0.25) is 0 Å². The third kappa shape index (κ3) is 4.04. The van der Waals surface area contributed by atoms with Crippen molar-refractivity contribution in [1.29, 1.82) is 0 Å². The molecule has 1 aromatic heterocycles. The van der Waals surface area contributed by atoms with Crippen LogP contribution in [0, 0.1) is 0 Å². The van der Waals surface area contributed by atoms with Gasteiger partial charge in [-0.2, -0.15) is 0 Å². The fourth-order valence-electron chi connectivity index (χ4n) is 2.36. The molecule has 1 fully saturated rings. The van der Waals surface area contributed by atoms with Crippen LogP contribution >= 0.6 is 0 Å². The van der Waals surface area contributed by atoms with Gasteiger partial charge in [0.1, 0.15) is 5.76 Å². The van der Waals surface area contributed by atoms with Gasteiger partial charge in [0, 0.05) is 6.04 Å². The molecule has 1 aromatic rings. The fourth-order valence-corrected chi connectivity index (χ4v) is 2.84. The lowest BCUT2D eigenvalue weighted by Crippen LogP contribution is -2.38. The number of furan rings is 1. The van der Waals surface area contributed by atoms with Crippen molar-refractivity contribution in [3.8, 4) is 0 Å². The molecule has 1 aliphatic carbocycles. The van der Waals surface area contributed by atoms with Crippen LogP contribution in [-0.2, 0) is 16.6 Å². The van der Waals surface area contributed by atoms with E-state index in [0.29, 0.717) is 12.3 Å². The summed E-state index contributed by atoms with van der Waals surface area (Å²) in [5.74, 6) is 0.500. The smallest absolute Gasteiger partial charge is 0.271 e. The van der Waals surface area contributed by atoms with Crippen molar-refractivity contribution in [2.45, 2.75) is 55.9 Å². The Morgan fingerprint density at radius 3 is 2.74 bits per heavy atom. The van der Waals surface area contributed by atoms with E-state index in [1.165, 1.54) is 6.07 Å². The van der Waals surface area contributed by atoms with Crippen LogP contribution in [0.3, 0.4) is 0 Å². The zero-order valence-corrected chi connectivity index (χ0v) is 11.5. The molecule has 19 heavy (non-hydrogen) atoms. The first-order valence-corrected chi connectivity index (χ1v) is 8.04. The highest BCUT2D eigenvalue weighted by Gasteiger charge is 2.21. The molecular weight excluding hydrogens is 268 g/mol. The summed E-state index contributed by atoms with van der Waals surface area (Å²) in [6.07, 6.45) is 4.66. The summed E-state index contributed by atoms with van der Waals surface area (Å²) in [5, 5.41) is 17.9. The molecule has 0 amide bonds. The van der Waals surface area contributed by atoms with E-state index < -0.39 is 10.0 Å². The number of hydrogen-bond acceptors (Lipinski definition) is 5. The van der Waals surface area contributed by atoms with Crippen LogP contribution in [0.1, 0.15) is 37.9 Å². The summed E-state index contributed by atoms with van der Waals surface area (Å²) in [6.45, 7) is 0.386. The molecule has 4 N–H and O–H groups in total. The van der Waals surface area contributed by atoms with E-state index in [4.69, 9.17) is 9.56 Å². The van der Waals surface area contributed by atoms with Crippen molar-refractivity contribution in [1.82, 2.24) is 5.32 Å². The molecule has 1 saturated carbocycles.